The number of aromatic nitrogens is 2. The maximum Gasteiger partial charge on any atom is 0.370 e. The number of carboxylic acids is 2. The number of halogens is 2. The van der Waals surface area contributed by atoms with Gasteiger partial charge in [-0.05, 0) is 17.7 Å². The highest BCUT2D eigenvalue weighted by molar-refractivity contribution is 8.01. The van der Waals surface area contributed by atoms with Crippen molar-refractivity contribution >= 4 is 82.2 Å². The third-order valence-electron chi connectivity index (χ3n) is 5.26. The molecule has 0 bridgehead atoms. The van der Waals surface area contributed by atoms with E-state index in [1.54, 1.807) is 36.7 Å². The van der Waals surface area contributed by atoms with E-state index in [0.29, 0.717) is 22.0 Å². The van der Waals surface area contributed by atoms with Crippen LogP contribution in [-0.2, 0) is 25.7 Å². The van der Waals surface area contributed by atoms with Crippen LogP contribution in [0.15, 0.2) is 57.7 Å². The molecule has 2 aromatic heterocycles. The average molecular weight is 603 g/mol. The lowest BCUT2D eigenvalue weighted by atomic mass is 10.0. The van der Waals surface area contributed by atoms with Crippen LogP contribution < -0.4 is 9.88 Å². The Kier molecular flexibility index (Phi) is 8.90. The average Bonchev–Trinajstić information content (AvgIpc) is 2.84. The van der Waals surface area contributed by atoms with Gasteiger partial charge in [-0.25, -0.2) is 14.6 Å². The van der Waals surface area contributed by atoms with Gasteiger partial charge in [0.25, 0.3) is 5.91 Å². The maximum absolute atomic E-state index is 12.8. The second kappa shape index (κ2) is 11.9. The summed E-state index contributed by atoms with van der Waals surface area (Å²) in [5, 5.41) is 21.3. The van der Waals surface area contributed by atoms with Gasteiger partial charge in [-0.15, -0.1) is 35.3 Å². The molecule has 2 amide bonds. The van der Waals surface area contributed by atoms with Crippen LogP contribution in [-0.4, -0.2) is 72.5 Å². The number of carbonyl (C=O) groups is 4. The number of fused-ring (bicyclic) bond motifs is 1. The number of aliphatic carboxylic acids is 2. The van der Waals surface area contributed by atoms with E-state index in [1.807, 2.05) is 0 Å². The van der Waals surface area contributed by atoms with Crippen molar-refractivity contribution in [1.29, 1.82) is 0 Å². The molecule has 2 aliphatic heterocycles. The van der Waals surface area contributed by atoms with Crippen LogP contribution in [0.25, 0.3) is 0 Å². The van der Waals surface area contributed by atoms with E-state index in [-0.39, 0.29) is 34.2 Å². The number of hydrogen-bond acceptors (Lipinski definition) is 8. The number of hydrogen-bond donors (Lipinski definition) is 3. The lowest BCUT2D eigenvalue weighted by molar-refractivity contribution is -0.686. The van der Waals surface area contributed by atoms with E-state index in [0.717, 1.165) is 4.90 Å². The molecule has 0 radical (unpaired) electrons. The van der Waals surface area contributed by atoms with E-state index in [2.05, 4.69) is 10.3 Å². The fourth-order valence-corrected chi connectivity index (χ4v) is 7.39. The molecule has 194 valence electrons. The summed E-state index contributed by atoms with van der Waals surface area (Å²) in [5.74, 6) is -2.24. The summed E-state index contributed by atoms with van der Waals surface area (Å²) in [5.41, 5.74) is 0.542. The largest absolute Gasteiger partial charge is 0.477 e. The molecule has 0 unspecified atom stereocenters. The Morgan fingerprint density at radius 1 is 1.14 bits per heavy atom. The summed E-state index contributed by atoms with van der Waals surface area (Å²) in [7, 11) is 0. The van der Waals surface area contributed by atoms with Crippen LogP contribution in [0.2, 0.25) is 10.3 Å². The van der Waals surface area contributed by atoms with Crippen molar-refractivity contribution in [3.63, 3.8) is 0 Å². The smallest absolute Gasteiger partial charge is 0.370 e. The molecule has 0 aliphatic carbocycles. The van der Waals surface area contributed by atoms with Crippen LogP contribution in [0.4, 0.5) is 0 Å². The zero-order valence-corrected chi connectivity index (χ0v) is 22.8. The Labute approximate surface area is 233 Å². The predicted molar refractivity (Wildman–Crippen MR) is 140 cm³/mol. The van der Waals surface area contributed by atoms with Crippen LogP contribution in [0, 0.1) is 0 Å². The first-order valence-corrected chi connectivity index (χ1v) is 14.4. The molecule has 2 aliphatic rings. The second-order valence-corrected chi connectivity index (χ2v) is 11.8. The molecule has 0 aromatic carbocycles. The van der Waals surface area contributed by atoms with Gasteiger partial charge < -0.3 is 15.5 Å². The van der Waals surface area contributed by atoms with Crippen molar-refractivity contribution in [2.24, 2.45) is 0 Å². The zero-order chi connectivity index (χ0) is 26.7. The molecule has 1 saturated heterocycles. The Bertz CT molecular complexity index is 1270. The van der Waals surface area contributed by atoms with Crippen molar-refractivity contribution in [2.75, 3.05) is 17.3 Å². The van der Waals surface area contributed by atoms with Gasteiger partial charge in [0.1, 0.15) is 27.4 Å². The zero-order valence-electron chi connectivity index (χ0n) is 18.8. The summed E-state index contributed by atoms with van der Waals surface area (Å²) in [6, 6.07) is 5.83. The van der Waals surface area contributed by atoms with Crippen molar-refractivity contribution in [2.45, 2.75) is 27.8 Å². The minimum atomic E-state index is -1.20. The number of carbonyl (C=O) groups excluding carboxylic acids is 2. The standard InChI is InChI=1S/C22H18Cl2N4O6S3/c23-14-5-13(6-15(24)25-14)36-10-16(29)26-18-20(32)28-19(22(33)34)11(9-37-21(18)28)8-35-12-1-3-27(4-2-12)7-17(30)31/h1-6,18,21H,7-10H2,(H2-,26,29,30,31,33,34)/p+1/t18-,21-/m1/s1. The number of amides is 2. The van der Waals surface area contributed by atoms with Crippen LogP contribution in [0.3, 0.4) is 0 Å². The Morgan fingerprint density at radius 2 is 1.81 bits per heavy atom. The normalized spacial score (nSPS) is 18.8. The highest BCUT2D eigenvalue weighted by Crippen LogP contribution is 2.41. The summed E-state index contributed by atoms with van der Waals surface area (Å²) < 4.78 is 1.52. The monoisotopic (exact) mass is 601 g/mol. The van der Waals surface area contributed by atoms with E-state index >= 15 is 0 Å². The summed E-state index contributed by atoms with van der Waals surface area (Å²) in [4.78, 5) is 54.8. The van der Waals surface area contributed by atoms with Gasteiger partial charge >= 0.3 is 11.9 Å². The minimum Gasteiger partial charge on any atom is -0.477 e. The molecule has 0 saturated carbocycles. The topological polar surface area (TPSA) is 141 Å². The van der Waals surface area contributed by atoms with Gasteiger partial charge in [0.2, 0.25) is 12.5 Å². The molecule has 3 N–H and O–H groups in total. The molecule has 4 heterocycles. The molecule has 15 heteroatoms. The SMILES string of the molecule is O=C(O)C[n+]1ccc(SCC2=C(C(=O)O)N3C(=O)[C@@H](NC(=O)CSc4cc(Cl)nc(Cl)c4)[C@H]3SC2)cc1. The van der Waals surface area contributed by atoms with Gasteiger partial charge in [-0.2, -0.15) is 4.57 Å². The molecule has 4 rings (SSSR count). The van der Waals surface area contributed by atoms with Crippen LogP contribution >= 0.6 is 58.5 Å². The number of pyridine rings is 2. The number of thioether (sulfide) groups is 3. The fourth-order valence-electron chi connectivity index (χ4n) is 3.66. The lowest BCUT2D eigenvalue weighted by Crippen LogP contribution is -2.70. The number of rotatable bonds is 10. The van der Waals surface area contributed by atoms with Gasteiger partial charge in [0, 0.05) is 33.4 Å². The van der Waals surface area contributed by atoms with Crippen LogP contribution in [0.1, 0.15) is 0 Å². The van der Waals surface area contributed by atoms with Gasteiger partial charge in [-0.3, -0.25) is 14.5 Å². The lowest BCUT2D eigenvalue weighted by Gasteiger charge is -2.49. The first kappa shape index (κ1) is 27.6. The summed E-state index contributed by atoms with van der Waals surface area (Å²) in [6.07, 6.45) is 3.27. The van der Waals surface area contributed by atoms with Gasteiger partial charge in [0.15, 0.2) is 12.4 Å². The van der Waals surface area contributed by atoms with E-state index in [9.17, 15) is 24.3 Å². The molecule has 37 heavy (non-hydrogen) atoms. The minimum absolute atomic E-state index is 0.0187. The third kappa shape index (κ3) is 6.71. The molecule has 1 fully saturated rings. The highest BCUT2D eigenvalue weighted by Gasteiger charge is 2.54. The Balaban J connectivity index is 1.36. The molecule has 2 atom stereocenters. The number of nitrogens with one attached hydrogen (secondary N) is 1. The third-order valence-corrected chi connectivity index (χ3v) is 9.06. The fraction of sp³-hybridized carbons (Fsp3) is 0.273. The molecule has 2 aromatic rings. The maximum atomic E-state index is 12.8. The number of nitrogens with zero attached hydrogens (tertiary/aromatic N) is 3. The predicted octanol–water partition coefficient (Wildman–Crippen LogP) is 2.38. The molecule has 10 nitrogen and oxygen atoms in total. The Hall–Kier alpha value is -2.45. The highest BCUT2D eigenvalue weighted by atomic mass is 35.5. The van der Waals surface area contributed by atoms with Crippen LogP contribution in [0.5, 0.6) is 0 Å². The van der Waals surface area contributed by atoms with Crippen molar-refractivity contribution < 1.29 is 34.0 Å². The summed E-state index contributed by atoms with van der Waals surface area (Å²) >= 11 is 15.7. The number of β-lactam (4-membered cyclic amide) rings is 1. The second-order valence-electron chi connectivity index (χ2n) is 7.84. The first-order valence-electron chi connectivity index (χ1n) is 10.6. The van der Waals surface area contributed by atoms with E-state index in [1.165, 1.54) is 44.8 Å². The molecule has 0 spiro atoms. The van der Waals surface area contributed by atoms with Gasteiger partial charge in [0.05, 0.1) is 5.75 Å². The molecular formula is C22H19Cl2N4O6S3+. The van der Waals surface area contributed by atoms with E-state index < -0.39 is 29.3 Å². The van der Waals surface area contributed by atoms with Crippen molar-refractivity contribution in [1.82, 2.24) is 15.2 Å². The quantitative estimate of drug-likeness (QED) is 0.161. The van der Waals surface area contributed by atoms with Crippen molar-refractivity contribution in [3.8, 4) is 0 Å². The van der Waals surface area contributed by atoms with E-state index in [4.69, 9.17) is 28.3 Å². The van der Waals surface area contributed by atoms with Gasteiger partial charge in [-0.1, -0.05) is 23.2 Å². The molecular weight excluding hydrogens is 583 g/mol. The van der Waals surface area contributed by atoms with Crippen molar-refractivity contribution in [3.05, 3.63) is 58.2 Å². The first-order chi connectivity index (χ1) is 17.6. The Morgan fingerprint density at radius 3 is 2.43 bits per heavy atom. The number of carboxylic acid groups (broad SMARTS) is 2. The summed E-state index contributed by atoms with van der Waals surface area (Å²) in [6.45, 7) is -0.156.